The predicted octanol–water partition coefficient (Wildman–Crippen LogP) is 2.88. The molecule has 1 aromatic carbocycles. The number of halogens is 1. The summed E-state index contributed by atoms with van der Waals surface area (Å²) in [7, 11) is 1.41. The van der Waals surface area contributed by atoms with E-state index in [1.807, 2.05) is 12.1 Å². The lowest BCUT2D eigenvalue weighted by Crippen LogP contribution is -2.34. The van der Waals surface area contributed by atoms with Crippen molar-refractivity contribution in [3.05, 3.63) is 34.3 Å². The largest absolute Gasteiger partial charge is 0.469 e. The average molecular weight is 314 g/mol. The maximum atomic E-state index is 11.0. The van der Waals surface area contributed by atoms with E-state index in [0.717, 1.165) is 11.0 Å². The normalized spacial score (nSPS) is 11.3. The molecule has 0 fully saturated rings. The van der Waals surface area contributed by atoms with Gasteiger partial charge in [0.25, 0.3) is 0 Å². The SMILES string of the molecule is COC(=O)CCNCC(C)(C)c1cccc(Br)c1. The average Bonchev–Trinajstić information content (AvgIpc) is 2.34. The van der Waals surface area contributed by atoms with Crippen molar-refractivity contribution >= 4 is 21.9 Å². The Morgan fingerprint density at radius 1 is 1.44 bits per heavy atom. The van der Waals surface area contributed by atoms with E-state index in [1.54, 1.807) is 0 Å². The molecule has 4 heteroatoms. The Kier molecular flexibility index (Phi) is 5.82. The van der Waals surface area contributed by atoms with Gasteiger partial charge in [0, 0.05) is 23.0 Å². The smallest absolute Gasteiger partial charge is 0.306 e. The summed E-state index contributed by atoms with van der Waals surface area (Å²) in [6, 6.07) is 8.30. The molecule has 0 saturated heterocycles. The van der Waals surface area contributed by atoms with E-state index >= 15 is 0 Å². The zero-order valence-electron chi connectivity index (χ0n) is 11.1. The zero-order chi connectivity index (χ0) is 13.6. The lowest BCUT2D eigenvalue weighted by atomic mass is 9.84. The molecule has 0 bridgehead atoms. The highest BCUT2D eigenvalue weighted by molar-refractivity contribution is 9.10. The number of hydrogen-bond donors (Lipinski definition) is 1. The summed E-state index contributed by atoms with van der Waals surface area (Å²) in [5.74, 6) is -0.178. The van der Waals surface area contributed by atoms with Crippen LogP contribution in [0.2, 0.25) is 0 Å². The van der Waals surface area contributed by atoms with Crippen LogP contribution in [0.15, 0.2) is 28.7 Å². The molecule has 0 spiro atoms. The molecule has 3 nitrogen and oxygen atoms in total. The minimum atomic E-state index is -0.178. The molecule has 0 atom stereocenters. The van der Waals surface area contributed by atoms with Gasteiger partial charge in [-0.1, -0.05) is 41.9 Å². The Balaban J connectivity index is 2.47. The molecule has 0 saturated carbocycles. The number of carbonyl (C=O) groups is 1. The first-order valence-corrected chi connectivity index (χ1v) is 6.78. The van der Waals surface area contributed by atoms with Crippen molar-refractivity contribution in [3.8, 4) is 0 Å². The van der Waals surface area contributed by atoms with Crippen LogP contribution in [0.25, 0.3) is 0 Å². The standard InChI is InChI=1S/C14H20BrNO2/c1-14(2,10-16-8-7-13(17)18-3)11-5-4-6-12(15)9-11/h4-6,9,16H,7-8,10H2,1-3H3. The van der Waals surface area contributed by atoms with Crippen LogP contribution < -0.4 is 5.32 Å². The van der Waals surface area contributed by atoms with Crippen LogP contribution in [0.1, 0.15) is 25.8 Å². The van der Waals surface area contributed by atoms with E-state index < -0.39 is 0 Å². The topological polar surface area (TPSA) is 38.3 Å². The van der Waals surface area contributed by atoms with E-state index in [4.69, 9.17) is 0 Å². The molecule has 0 heterocycles. The number of carbonyl (C=O) groups excluding carboxylic acids is 1. The lowest BCUT2D eigenvalue weighted by molar-refractivity contribution is -0.140. The van der Waals surface area contributed by atoms with Crippen molar-refractivity contribution in [1.82, 2.24) is 5.32 Å². The van der Waals surface area contributed by atoms with Gasteiger partial charge in [-0.25, -0.2) is 0 Å². The number of benzene rings is 1. The first-order chi connectivity index (χ1) is 8.45. The van der Waals surface area contributed by atoms with Gasteiger partial charge < -0.3 is 10.1 Å². The second-order valence-corrected chi connectivity index (χ2v) is 5.81. The van der Waals surface area contributed by atoms with Crippen molar-refractivity contribution in [2.45, 2.75) is 25.7 Å². The van der Waals surface area contributed by atoms with Gasteiger partial charge in [0.15, 0.2) is 0 Å². The van der Waals surface area contributed by atoms with Crippen LogP contribution in [0.5, 0.6) is 0 Å². The predicted molar refractivity (Wildman–Crippen MR) is 76.7 cm³/mol. The van der Waals surface area contributed by atoms with Gasteiger partial charge in [-0.3, -0.25) is 4.79 Å². The fourth-order valence-electron chi connectivity index (χ4n) is 1.70. The van der Waals surface area contributed by atoms with E-state index in [0.29, 0.717) is 13.0 Å². The molecule has 0 aliphatic heterocycles. The van der Waals surface area contributed by atoms with Gasteiger partial charge in [0.2, 0.25) is 0 Å². The fraction of sp³-hybridized carbons (Fsp3) is 0.500. The molecule has 100 valence electrons. The lowest BCUT2D eigenvalue weighted by Gasteiger charge is -2.26. The second-order valence-electron chi connectivity index (χ2n) is 4.90. The number of nitrogens with one attached hydrogen (secondary N) is 1. The van der Waals surface area contributed by atoms with Crippen LogP contribution in [0.4, 0.5) is 0 Å². The zero-order valence-corrected chi connectivity index (χ0v) is 12.7. The monoisotopic (exact) mass is 313 g/mol. The molecular formula is C14H20BrNO2. The third-order valence-corrected chi connectivity index (χ3v) is 3.40. The van der Waals surface area contributed by atoms with Gasteiger partial charge in [0.05, 0.1) is 13.5 Å². The first kappa shape index (κ1) is 15.2. The first-order valence-electron chi connectivity index (χ1n) is 5.99. The second kappa shape index (κ2) is 6.90. The third kappa shape index (κ3) is 4.78. The Labute approximate surface area is 117 Å². The molecule has 18 heavy (non-hydrogen) atoms. The highest BCUT2D eigenvalue weighted by atomic mass is 79.9. The Hall–Kier alpha value is -0.870. The summed E-state index contributed by atoms with van der Waals surface area (Å²) in [5.41, 5.74) is 1.29. The van der Waals surface area contributed by atoms with E-state index in [9.17, 15) is 4.79 Å². The maximum absolute atomic E-state index is 11.0. The van der Waals surface area contributed by atoms with E-state index in [2.05, 4.69) is 52.0 Å². The summed E-state index contributed by atoms with van der Waals surface area (Å²) < 4.78 is 5.68. The minimum Gasteiger partial charge on any atom is -0.469 e. The fourth-order valence-corrected chi connectivity index (χ4v) is 2.10. The Bertz CT molecular complexity index is 405. The van der Waals surface area contributed by atoms with Crippen LogP contribution in [0.3, 0.4) is 0 Å². The summed E-state index contributed by atoms with van der Waals surface area (Å²) in [5, 5.41) is 3.29. The van der Waals surface area contributed by atoms with Crippen LogP contribution in [0, 0.1) is 0 Å². The van der Waals surface area contributed by atoms with Crippen molar-refractivity contribution in [2.75, 3.05) is 20.2 Å². The van der Waals surface area contributed by atoms with Crippen LogP contribution in [-0.4, -0.2) is 26.2 Å². The molecule has 0 unspecified atom stereocenters. The summed E-state index contributed by atoms with van der Waals surface area (Å²) in [4.78, 5) is 11.0. The maximum Gasteiger partial charge on any atom is 0.306 e. The molecule has 0 aromatic heterocycles. The summed E-state index contributed by atoms with van der Waals surface area (Å²) >= 11 is 3.48. The van der Waals surface area contributed by atoms with Gasteiger partial charge >= 0.3 is 5.97 Å². The molecular weight excluding hydrogens is 294 g/mol. The number of hydrogen-bond acceptors (Lipinski definition) is 3. The third-order valence-electron chi connectivity index (χ3n) is 2.91. The molecule has 0 radical (unpaired) electrons. The van der Waals surface area contributed by atoms with Gasteiger partial charge in [0.1, 0.15) is 0 Å². The van der Waals surface area contributed by atoms with Crippen molar-refractivity contribution in [2.24, 2.45) is 0 Å². The number of methoxy groups -OCH3 is 1. The summed E-state index contributed by atoms with van der Waals surface area (Å²) in [6.45, 7) is 5.82. The molecule has 1 rings (SSSR count). The van der Waals surface area contributed by atoms with Gasteiger partial charge in [-0.05, 0) is 17.7 Å². The molecule has 0 aliphatic rings. The summed E-state index contributed by atoms with van der Waals surface area (Å²) in [6.07, 6.45) is 0.408. The highest BCUT2D eigenvalue weighted by Crippen LogP contribution is 2.24. The van der Waals surface area contributed by atoms with Crippen molar-refractivity contribution < 1.29 is 9.53 Å². The van der Waals surface area contributed by atoms with Gasteiger partial charge in [-0.2, -0.15) is 0 Å². The van der Waals surface area contributed by atoms with E-state index in [1.165, 1.54) is 12.7 Å². The van der Waals surface area contributed by atoms with Crippen LogP contribution >= 0.6 is 15.9 Å². The number of rotatable bonds is 6. The van der Waals surface area contributed by atoms with E-state index in [-0.39, 0.29) is 11.4 Å². The Morgan fingerprint density at radius 2 is 2.17 bits per heavy atom. The molecule has 0 amide bonds. The van der Waals surface area contributed by atoms with Crippen molar-refractivity contribution in [1.29, 1.82) is 0 Å². The minimum absolute atomic E-state index is 0.0277. The highest BCUT2D eigenvalue weighted by Gasteiger charge is 2.20. The van der Waals surface area contributed by atoms with Gasteiger partial charge in [-0.15, -0.1) is 0 Å². The Morgan fingerprint density at radius 3 is 2.78 bits per heavy atom. The van der Waals surface area contributed by atoms with Crippen LogP contribution in [-0.2, 0) is 14.9 Å². The number of esters is 1. The molecule has 1 N–H and O–H groups in total. The van der Waals surface area contributed by atoms with Crippen molar-refractivity contribution in [3.63, 3.8) is 0 Å². The molecule has 0 aliphatic carbocycles. The number of ether oxygens (including phenoxy) is 1. The molecule has 1 aromatic rings. The quantitative estimate of drug-likeness (QED) is 0.648.